The van der Waals surface area contributed by atoms with Crippen LogP contribution in [0, 0.1) is 5.82 Å². The van der Waals surface area contributed by atoms with Crippen LogP contribution in [0.25, 0.3) is 0 Å². The first-order valence-electron chi connectivity index (χ1n) is 8.59. The largest absolute Gasteiger partial charge is 0.497 e. The molecule has 0 spiro atoms. The Balaban J connectivity index is 1.61. The average molecular weight is 401 g/mol. The lowest BCUT2D eigenvalue weighted by Gasteiger charge is -2.10. The van der Waals surface area contributed by atoms with Crippen molar-refractivity contribution >= 4 is 17.5 Å². The SMILES string of the molecule is COc1ccc(OCc2nnc(SC(C)C(=O)c3ccc(F)cc3)n2C)cc1. The number of halogens is 1. The summed E-state index contributed by atoms with van der Waals surface area (Å²) < 4.78 is 25.7. The number of methoxy groups -OCH3 is 1. The zero-order valence-corrected chi connectivity index (χ0v) is 16.6. The van der Waals surface area contributed by atoms with E-state index in [-0.39, 0.29) is 23.5 Å². The monoisotopic (exact) mass is 401 g/mol. The molecule has 6 nitrogen and oxygen atoms in total. The van der Waals surface area contributed by atoms with Gasteiger partial charge in [-0.15, -0.1) is 10.2 Å². The molecule has 28 heavy (non-hydrogen) atoms. The molecule has 2 aromatic carbocycles. The Kier molecular flexibility index (Phi) is 6.30. The van der Waals surface area contributed by atoms with E-state index in [1.165, 1.54) is 36.0 Å². The molecule has 1 unspecified atom stereocenters. The van der Waals surface area contributed by atoms with Crippen molar-refractivity contribution in [1.82, 2.24) is 14.8 Å². The minimum absolute atomic E-state index is 0.0935. The molecule has 3 rings (SSSR count). The molecule has 0 aliphatic rings. The summed E-state index contributed by atoms with van der Waals surface area (Å²) in [6.07, 6.45) is 0. The second-order valence-corrected chi connectivity index (χ2v) is 7.36. The molecular formula is C20H20FN3O3S. The van der Waals surface area contributed by atoms with Crippen LogP contribution >= 0.6 is 11.8 Å². The zero-order chi connectivity index (χ0) is 20.1. The number of rotatable bonds is 8. The number of aromatic nitrogens is 3. The maximum Gasteiger partial charge on any atom is 0.191 e. The third kappa shape index (κ3) is 4.69. The van der Waals surface area contributed by atoms with Crippen LogP contribution in [0.15, 0.2) is 53.7 Å². The normalized spacial score (nSPS) is 11.9. The Morgan fingerprint density at radius 2 is 1.75 bits per heavy atom. The van der Waals surface area contributed by atoms with Gasteiger partial charge in [0, 0.05) is 12.6 Å². The number of ether oxygens (including phenoxy) is 2. The fraction of sp³-hybridized carbons (Fsp3) is 0.250. The van der Waals surface area contributed by atoms with Crippen molar-refractivity contribution in [3.63, 3.8) is 0 Å². The summed E-state index contributed by atoms with van der Waals surface area (Å²) in [7, 11) is 3.43. The van der Waals surface area contributed by atoms with E-state index in [1.54, 1.807) is 18.6 Å². The van der Waals surface area contributed by atoms with Gasteiger partial charge in [-0.25, -0.2) is 4.39 Å². The second kappa shape index (κ2) is 8.88. The molecule has 1 aromatic heterocycles. The van der Waals surface area contributed by atoms with Gasteiger partial charge in [0.25, 0.3) is 0 Å². The van der Waals surface area contributed by atoms with E-state index in [2.05, 4.69) is 10.2 Å². The lowest BCUT2D eigenvalue weighted by Crippen LogP contribution is -2.14. The van der Waals surface area contributed by atoms with Crippen LogP contribution in [0.4, 0.5) is 4.39 Å². The van der Waals surface area contributed by atoms with E-state index in [4.69, 9.17) is 9.47 Å². The Bertz CT molecular complexity index is 942. The molecule has 0 fully saturated rings. The third-order valence-electron chi connectivity index (χ3n) is 4.13. The lowest BCUT2D eigenvalue weighted by atomic mass is 10.1. The third-order valence-corrected chi connectivity index (χ3v) is 5.27. The molecule has 1 atom stereocenters. The molecule has 0 saturated heterocycles. The van der Waals surface area contributed by atoms with E-state index in [1.807, 2.05) is 31.3 Å². The fourth-order valence-electron chi connectivity index (χ4n) is 2.45. The van der Waals surface area contributed by atoms with Gasteiger partial charge in [0.15, 0.2) is 16.8 Å². The molecule has 1 heterocycles. The Morgan fingerprint density at radius 1 is 1.11 bits per heavy atom. The molecule has 0 aliphatic heterocycles. The number of benzene rings is 2. The van der Waals surface area contributed by atoms with Crippen LogP contribution in [-0.4, -0.2) is 32.9 Å². The maximum absolute atomic E-state index is 13.0. The van der Waals surface area contributed by atoms with E-state index >= 15 is 0 Å². The predicted octanol–water partition coefficient (Wildman–Crippen LogP) is 3.91. The quantitative estimate of drug-likeness (QED) is 0.421. The smallest absolute Gasteiger partial charge is 0.191 e. The average Bonchev–Trinajstić information content (AvgIpc) is 3.06. The molecule has 0 aliphatic carbocycles. The van der Waals surface area contributed by atoms with Crippen molar-refractivity contribution in [2.45, 2.75) is 23.9 Å². The van der Waals surface area contributed by atoms with Gasteiger partial charge in [0.1, 0.15) is 23.9 Å². The number of hydrogen-bond donors (Lipinski definition) is 0. The first kappa shape index (κ1) is 19.9. The first-order chi connectivity index (χ1) is 13.5. The summed E-state index contributed by atoms with van der Waals surface area (Å²) in [4.78, 5) is 12.5. The van der Waals surface area contributed by atoms with Crippen LogP contribution in [0.1, 0.15) is 23.1 Å². The molecule has 0 saturated carbocycles. The van der Waals surface area contributed by atoms with Crippen LogP contribution in [-0.2, 0) is 13.7 Å². The van der Waals surface area contributed by atoms with Crippen molar-refractivity contribution in [2.24, 2.45) is 7.05 Å². The van der Waals surface area contributed by atoms with Gasteiger partial charge in [0.2, 0.25) is 0 Å². The number of carbonyl (C=O) groups is 1. The van der Waals surface area contributed by atoms with Gasteiger partial charge >= 0.3 is 0 Å². The highest BCUT2D eigenvalue weighted by Crippen LogP contribution is 2.25. The molecule has 0 amide bonds. The highest BCUT2D eigenvalue weighted by molar-refractivity contribution is 8.00. The van der Waals surface area contributed by atoms with Crippen LogP contribution in [0.2, 0.25) is 0 Å². The van der Waals surface area contributed by atoms with E-state index in [9.17, 15) is 9.18 Å². The summed E-state index contributed by atoms with van der Waals surface area (Å²) >= 11 is 1.30. The van der Waals surface area contributed by atoms with Crippen LogP contribution < -0.4 is 9.47 Å². The van der Waals surface area contributed by atoms with Gasteiger partial charge in [0.05, 0.1) is 12.4 Å². The molecule has 0 bridgehead atoms. The van der Waals surface area contributed by atoms with E-state index in [0.29, 0.717) is 22.3 Å². The van der Waals surface area contributed by atoms with Crippen molar-refractivity contribution < 1.29 is 18.7 Å². The van der Waals surface area contributed by atoms with Crippen LogP contribution in [0.3, 0.4) is 0 Å². The number of nitrogens with zero attached hydrogens (tertiary/aromatic N) is 3. The minimum atomic E-state index is -0.385. The van der Waals surface area contributed by atoms with E-state index < -0.39 is 0 Å². The molecule has 0 N–H and O–H groups in total. The number of ketones is 1. The van der Waals surface area contributed by atoms with Crippen molar-refractivity contribution in [3.05, 3.63) is 65.7 Å². The maximum atomic E-state index is 13.0. The van der Waals surface area contributed by atoms with E-state index in [0.717, 1.165) is 5.75 Å². The second-order valence-electron chi connectivity index (χ2n) is 6.05. The summed E-state index contributed by atoms with van der Waals surface area (Å²) in [6.45, 7) is 2.04. The van der Waals surface area contributed by atoms with Gasteiger partial charge in [-0.05, 0) is 55.5 Å². The summed E-state index contributed by atoms with van der Waals surface area (Å²) in [5.41, 5.74) is 0.464. The highest BCUT2D eigenvalue weighted by Gasteiger charge is 2.20. The van der Waals surface area contributed by atoms with Gasteiger partial charge < -0.3 is 14.0 Å². The number of hydrogen-bond acceptors (Lipinski definition) is 6. The van der Waals surface area contributed by atoms with Crippen molar-refractivity contribution in [3.8, 4) is 11.5 Å². The van der Waals surface area contributed by atoms with Crippen molar-refractivity contribution in [2.75, 3.05) is 7.11 Å². The highest BCUT2D eigenvalue weighted by atomic mass is 32.2. The molecular weight excluding hydrogens is 381 g/mol. The number of Topliss-reactive ketones (excluding diaryl/α,β-unsaturated/α-hetero) is 1. The van der Waals surface area contributed by atoms with Gasteiger partial charge in [-0.2, -0.15) is 0 Å². The molecule has 8 heteroatoms. The Labute approximate surface area is 166 Å². The molecule has 146 valence electrons. The summed E-state index contributed by atoms with van der Waals surface area (Å²) in [5, 5.41) is 8.51. The van der Waals surface area contributed by atoms with Gasteiger partial charge in [-0.1, -0.05) is 11.8 Å². The summed E-state index contributed by atoms with van der Waals surface area (Å²) in [5.74, 6) is 1.62. The topological polar surface area (TPSA) is 66.2 Å². The number of thioether (sulfide) groups is 1. The van der Waals surface area contributed by atoms with Crippen LogP contribution in [0.5, 0.6) is 11.5 Å². The number of carbonyl (C=O) groups excluding carboxylic acids is 1. The molecule has 0 radical (unpaired) electrons. The fourth-order valence-corrected chi connectivity index (χ4v) is 3.36. The lowest BCUT2D eigenvalue weighted by molar-refractivity contribution is 0.0994. The minimum Gasteiger partial charge on any atom is -0.497 e. The summed E-state index contributed by atoms with van der Waals surface area (Å²) in [6, 6.07) is 12.8. The first-order valence-corrected chi connectivity index (χ1v) is 9.47. The predicted molar refractivity (Wildman–Crippen MR) is 104 cm³/mol. The Hall–Kier alpha value is -2.87. The standard InChI is InChI=1S/C20H20FN3O3S/c1-13(19(25)14-4-6-15(21)7-5-14)28-20-23-22-18(24(20)2)12-27-17-10-8-16(26-3)9-11-17/h4-11,13H,12H2,1-3H3. The Morgan fingerprint density at radius 3 is 2.39 bits per heavy atom. The van der Waals surface area contributed by atoms with Gasteiger partial charge in [-0.3, -0.25) is 4.79 Å². The van der Waals surface area contributed by atoms with Crippen molar-refractivity contribution in [1.29, 1.82) is 0 Å². The zero-order valence-electron chi connectivity index (χ0n) is 15.8. The molecule has 3 aromatic rings.